The summed E-state index contributed by atoms with van der Waals surface area (Å²) in [7, 11) is 0. The normalized spacial score (nSPS) is 18.6. The second-order valence-corrected chi connectivity index (χ2v) is 2.49. The number of carbonyl (C=O) groups is 3. The van der Waals surface area contributed by atoms with E-state index in [2.05, 4.69) is 6.42 Å². The van der Waals surface area contributed by atoms with Crippen LogP contribution in [0.2, 0.25) is 0 Å². The Balaban J connectivity index is 2.83. The van der Waals surface area contributed by atoms with Gasteiger partial charge in [0, 0.05) is 12.8 Å². The van der Waals surface area contributed by atoms with Gasteiger partial charge in [0.1, 0.15) is 0 Å². The highest BCUT2D eigenvalue weighted by molar-refractivity contribution is 6.16. The maximum absolute atomic E-state index is 12.6. The van der Waals surface area contributed by atoms with Crippen molar-refractivity contribution < 1.29 is 18.8 Å². The van der Waals surface area contributed by atoms with Gasteiger partial charge in [-0.05, 0) is 0 Å². The third-order valence-electron chi connectivity index (χ3n) is 1.64. The van der Waals surface area contributed by atoms with Crippen LogP contribution < -0.4 is 0 Å². The first-order valence-electron chi connectivity index (χ1n) is 3.57. The number of amides is 3. The summed E-state index contributed by atoms with van der Waals surface area (Å²) < 4.78 is 12.6. The Morgan fingerprint density at radius 2 is 1.92 bits per heavy atom. The average molecular weight is 183 g/mol. The molecule has 1 heterocycles. The molecule has 1 rings (SSSR count). The molecule has 0 aromatic heterocycles. The number of imide groups is 3. The lowest BCUT2D eigenvalue weighted by Crippen LogP contribution is -2.40. The van der Waals surface area contributed by atoms with E-state index in [4.69, 9.17) is 0 Å². The fourth-order valence-corrected chi connectivity index (χ4v) is 1.01. The lowest BCUT2D eigenvalue weighted by molar-refractivity contribution is -0.151. The topological polar surface area (TPSA) is 54.5 Å². The van der Waals surface area contributed by atoms with Gasteiger partial charge < -0.3 is 0 Å². The van der Waals surface area contributed by atoms with Gasteiger partial charge in [0.25, 0.3) is 5.91 Å². The number of hydrogen-bond donors (Lipinski definition) is 0. The van der Waals surface area contributed by atoms with Gasteiger partial charge in [-0.2, -0.15) is 0 Å². The molecule has 5 heteroatoms. The van der Waals surface area contributed by atoms with Crippen LogP contribution in [0.25, 0.3) is 0 Å². The molecule has 1 saturated heterocycles. The Bertz CT molecular complexity index is 302. The first kappa shape index (κ1) is 9.39. The number of nitrogens with zero attached hydrogens (tertiary/aromatic N) is 1. The molecule has 0 radical (unpaired) electrons. The van der Waals surface area contributed by atoms with Gasteiger partial charge in [-0.25, -0.2) is 9.29 Å². The number of carbonyl (C=O) groups excluding carboxylic acids is 3. The molecule has 0 N–H and O–H groups in total. The van der Waals surface area contributed by atoms with Gasteiger partial charge >= 0.3 is 0 Å². The van der Waals surface area contributed by atoms with Crippen LogP contribution in [0.1, 0.15) is 12.8 Å². The fourth-order valence-electron chi connectivity index (χ4n) is 1.01. The average Bonchev–Trinajstić information content (AvgIpc) is 2.44. The maximum Gasteiger partial charge on any atom is 0.283 e. The van der Waals surface area contributed by atoms with Crippen molar-refractivity contribution in [2.75, 3.05) is 0 Å². The van der Waals surface area contributed by atoms with Crippen molar-refractivity contribution in [3.63, 3.8) is 0 Å². The second-order valence-electron chi connectivity index (χ2n) is 2.49. The van der Waals surface area contributed by atoms with Crippen LogP contribution >= 0.6 is 0 Å². The van der Waals surface area contributed by atoms with Gasteiger partial charge in [-0.1, -0.05) is 5.92 Å². The van der Waals surface area contributed by atoms with Gasteiger partial charge in [0.2, 0.25) is 18.0 Å². The zero-order valence-corrected chi connectivity index (χ0v) is 6.62. The molecule has 1 atom stereocenters. The third kappa shape index (κ3) is 1.56. The van der Waals surface area contributed by atoms with Crippen LogP contribution in [0.5, 0.6) is 0 Å². The van der Waals surface area contributed by atoms with E-state index in [-0.39, 0.29) is 17.7 Å². The predicted molar refractivity (Wildman–Crippen MR) is 39.8 cm³/mol. The monoisotopic (exact) mass is 183 g/mol. The van der Waals surface area contributed by atoms with E-state index in [0.29, 0.717) is 0 Å². The molecule has 0 spiro atoms. The number of rotatable bonds is 1. The summed E-state index contributed by atoms with van der Waals surface area (Å²) in [5, 5.41) is 0. The van der Waals surface area contributed by atoms with E-state index in [0.717, 1.165) is 0 Å². The zero-order chi connectivity index (χ0) is 10.0. The number of hydrogen-bond acceptors (Lipinski definition) is 3. The van der Waals surface area contributed by atoms with E-state index in [1.807, 2.05) is 0 Å². The summed E-state index contributed by atoms with van der Waals surface area (Å²) in [6.45, 7) is 0. The highest BCUT2D eigenvalue weighted by Crippen LogP contribution is 2.13. The van der Waals surface area contributed by atoms with Gasteiger partial charge in [0.15, 0.2) is 0 Å². The molecule has 0 saturated carbocycles. The minimum Gasteiger partial charge on any atom is -0.274 e. The van der Waals surface area contributed by atoms with Crippen molar-refractivity contribution in [1.82, 2.24) is 4.90 Å². The van der Waals surface area contributed by atoms with Crippen molar-refractivity contribution in [2.45, 2.75) is 19.0 Å². The minimum atomic E-state index is -2.22. The molecule has 1 unspecified atom stereocenters. The van der Waals surface area contributed by atoms with Crippen LogP contribution in [0, 0.1) is 12.3 Å². The highest BCUT2D eigenvalue weighted by Gasteiger charge is 2.37. The molecule has 0 aliphatic carbocycles. The van der Waals surface area contributed by atoms with E-state index < -0.39 is 23.9 Å². The van der Waals surface area contributed by atoms with Crippen molar-refractivity contribution in [2.24, 2.45) is 0 Å². The molecule has 1 fully saturated rings. The van der Waals surface area contributed by atoms with Crippen molar-refractivity contribution in [3.05, 3.63) is 0 Å². The van der Waals surface area contributed by atoms with E-state index in [9.17, 15) is 18.8 Å². The number of alkyl halides is 1. The molecule has 1 aliphatic rings. The van der Waals surface area contributed by atoms with Gasteiger partial charge in [-0.3, -0.25) is 14.4 Å². The quantitative estimate of drug-likeness (QED) is 0.412. The van der Waals surface area contributed by atoms with E-state index in [1.54, 1.807) is 0 Å². The van der Waals surface area contributed by atoms with E-state index >= 15 is 0 Å². The second kappa shape index (κ2) is 3.35. The van der Waals surface area contributed by atoms with Gasteiger partial charge in [0.05, 0.1) is 0 Å². The molecule has 0 bridgehead atoms. The van der Waals surface area contributed by atoms with E-state index in [1.165, 1.54) is 5.92 Å². The summed E-state index contributed by atoms with van der Waals surface area (Å²) in [6, 6.07) is 0. The van der Waals surface area contributed by atoms with Crippen molar-refractivity contribution in [3.8, 4) is 12.3 Å². The van der Waals surface area contributed by atoms with Crippen LogP contribution in [0.4, 0.5) is 4.39 Å². The summed E-state index contributed by atoms with van der Waals surface area (Å²) >= 11 is 0. The van der Waals surface area contributed by atoms with Crippen molar-refractivity contribution in [1.29, 1.82) is 0 Å². The lowest BCUT2D eigenvalue weighted by Gasteiger charge is -2.10. The lowest BCUT2D eigenvalue weighted by atomic mass is 10.3. The molecular formula is C8H6FNO3. The van der Waals surface area contributed by atoms with Crippen LogP contribution in [-0.2, 0) is 14.4 Å². The van der Waals surface area contributed by atoms with Crippen LogP contribution in [0.15, 0.2) is 0 Å². The smallest absolute Gasteiger partial charge is 0.274 e. The highest BCUT2D eigenvalue weighted by atomic mass is 19.1. The SMILES string of the molecule is C#CC(F)C(=O)N1C(=O)CCC1=O. The standard InChI is InChI=1S/C8H6FNO3/c1-2-5(9)8(13)10-6(11)3-4-7(10)12/h1,5H,3-4H2. The predicted octanol–water partition coefficient (Wildman–Crippen LogP) is -0.367. The number of halogens is 1. The Morgan fingerprint density at radius 3 is 2.31 bits per heavy atom. The summed E-state index contributed by atoms with van der Waals surface area (Å²) in [6.07, 6.45) is 2.31. The first-order chi connectivity index (χ1) is 6.07. The largest absolute Gasteiger partial charge is 0.283 e. The molecule has 0 aromatic rings. The van der Waals surface area contributed by atoms with Crippen LogP contribution in [0.3, 0.4) is 0 Å². The zero-order valence-electron chi connectivity index (χ0n) is 6.62. The summed E-state index contributed by atoms with van der Waals surface area (Å²) in [5.74, 6) is -1.11. The Morgan fingerprint density at radius 1 is 1.46 bits per heavy atom. The number of likely N-dealkylation sites (tertiary alicyclic amines) is 1. The van der Waals surface area contributed by atoms with Gasteiger partial charge in [-0.15, -0.1) is 6.42 Å². The molecule has 13 heavy (non-hydrogen) atoms. The number of terminal acetylenes is 1. The molecule has 1 aliphatic heterocycles. The molecule has 68 valence electrons. The first-order valence-corrected chi connectivity index (χ1v) is 3.57. The summed E-state index contributed by atoms with van der Waals surface area (Å²) in [4.78, 5) is 33.0. The maximum atomic E-state index is 12.6. The molecule has 4 nitrogen and oxygen atoms in total. The minimum absolute atomic E-state index is 0.0537. The Labute approximate surface area is 73.7 Å². The molecular weight excluding hydrogens is 177 g/mol. The van der Waals surface area contributed by atoms with Crippen molar-refractivity contribution >= 4 is 17.7 Å². The Kier molecular flexibility index (Phi) is 2.42. The fraction of sp³-hybridized carbons (Fsp3) is 0.375. The summed E-state index contributed by atoms with van der Waals surface area (Å²) in [5.41, 5.74) is 0. The Hall–Kier alpha value is -1.70. The molecule has 0 aromatic carbocycles. The van der Waals surface area contributed by atoms with Crippen LogP contribution in [-0.4, -0.2) is 28.8 Å². The third-order valence-corrected chi connectivity index (χ3v) is 1.64. The molecule has 3 amide bonds.